The number of hydrogen-bond donors (Lipinski definition) is 1. The van der Waals surface area contributed by atoms with Gasteiger partial charge >= 0.3 is 0 Å². The Kier molecular flexibility index (Phi) is 2.14. The second kappa shape index (κ2) is 2.92. The van der Waals surface area contributed by atoms with Crippen molar-refractivity contribution < 1.29 is 4.79 Å². The number of amides is 1. The molecule has 1 amide bonds. The summed E-state index contributed by atoms with van der Waals surface area (Å²) in [6.07, 6.45) is 0.808. The Morgan fingerprint density at radius 2 is 2.27 bits per heavy atom. The van der Waals surface area contributed by atoms with E-state index in [-0.39, 0.29) is 0 Å². The van der Waals surface area contributed by atoms with Crippen molar-refractivity contribution in [2.45, 2.75) is 6.92 Å². The zero-order valence-corrected chi connectivity index (χ0v) is 7.09. The average molecular weight is 155 g/mol. The number of nitrogens with one attached hydrogen (secondary N) is 1. The van der Waals surface area contributed by atoms with Crippen LogP contribution in [0.5, 0.6) is 0 Å². The molecular formula is C7H13N3O. The van der Waals surface area contributed by atoms with Crippen molar-refractivity contribution in [3.05, 3.63) is 11.4 Å². The molecule has 0 aromatic carbocycles. The van der Waals surface area contributed by atoms with E-state index in [9.17, 15) is 4.79 Å². The summed E-state index contributed by atoms with van der Waals surface area (Å²) in [4.78, 5) is 10.5. The summed E-state index contributed by atoms with van der Waals surface area (Å²) in [7, 11) is 3.69. The summed E-state index contributed by atoms with van der Waals surface area (Å²) in [5.74, 6) is 0.891. The second-order valence-electron chi connectivity index (χ2n) is 2.64. The minimum absolute atomic E-state index is 0.808. The molecule has 0 aliphatic carbocycles. The molecule has 0 unspecified atom stereocenters. The maximum Gasteiger partial charge on any atom is 0.230 e. The van der Waals surface area contributed by atoms with Crippen LogP contribution in [0, 0.1) is 0 Å². The molecule has 4 nitrogen and oxygen atoms in total. The van der Waals surface area contributed by atoms with Crippen LogP contribution in [0.1, 0.15) is 6.92 Å². The first kappa shape index (κ1) is 8.07. The van der Waals surface area contributed by atoms with E-state index in [4.69, 9.17) is 0 Å². The fourth-order valence-corrected chi connectivity index (χ4v) is 1.32. The highest BCUT2D eigenvalue weighted by atomic mass is 16.2. The maximum atomic E-state index is 10.5. The normalized spacial score (nSPS) is 19.4. The van der Waals surface area contributed by atoms with Gasteiger partial charge in [0, 0.05) is 20.6 Å². The van der Waals surface area contributed by atoms with Gasteiger partial charge in [0.15, 0.2) is 0 Å². The first-order valence-electron chi connectivity index (χ1n) is 3.53. The van der Waals surface area contributed by atoms with Crippen molar-refractivity contribution >= 4 is 6.41 Å². The summed E-state index contributed by atoms with van der Waals surface area (Å²) in [6.45, 7) is 2.82. The Morgan fingerprint density at radius 1 is 1.64 bits per heavy atom. The smallest absolute Gasteiger partial charge is 0.230 e. The number of likely N-dealkylation sites (N-methyl/N-ethyl adjacent to an activating group) is 1. The van der Waals surface area contributed by atoms with Crippen LogP contribution >= 0.6 is 0 Å². The Bertz CT molecular complexity index is 200. The van der Waals surface area contributed by atoms with Crippen LogP contribution in [-0.2, 0) is 4.79 Å². The van der Waals surface area contributed by atoms with Gasteiger partial charge in [-0.2, -0.15) is 0 Å². The van der Waals surface area contributed by atoms with Crippen LogP contribution in [0.4, 0.5) is 0 Å². The van der Waals surface area contributed by atoms with Gasteiger partial charge in [-0.1, -0.05) is 0 Å². The van der Waals surface area contributed by atoms with E-state index in [1.54, 1.807) is 5.01 Å². The van der Waals surface area contributed by atoms with Gasteiger partial charge in [-0.3, -0.25) is 4.79 Å². The number of carbonyl (C=O) groups is 1. The summed E-state index contributed by atoms with van der Waals surface area (Å²) in [6, 6.07) is 0. The first-order valence-corrected chi connectivity index (χ1v) is 3.53. The molecule has 0 spiro atoms. The quantitative estimate of drug-likeness (QED) is 0.559. The number of carbonyl (C=O) groups excluding carboxylic acids is 1. The number of hydrogen-bond acceptors (Lipinski definition) is 3. The minimum Gasteiger partial charge on any atom is -0.373 e. The third-order valence-corrected chi connectivity index (χ3v) is 1.80. The predicted octanol–water partition coefficient (Wildman–Crippen LogP) is -0.244. The van der Waals surface area contributed by atoms with E-state index in [0.29, 0.717) is 0 Å². The van der Waals surface area contributed by atoms with Gasteiger partial charge < -0.3 is 5.32 Å². The largest absolute Gasteiger partial charge is 0.373 e. The van der Waals surface area contributed by atoms with Crippen LogP contribution in [0.3, 0.4) is 0 Å². The second-order valence-corrected chi connectivity index (χ2v) is 2.64. The van der Waals surface area contributed by atoms with Crippen molar-refractivity contribution in [3.8, 4) is 0 Å². The fraction of sp³-hybridized carbons (Fsp3) is 0.571. The van der Waals surface area contributed by atoms with Gasteiger partial charge in [0.2, 0.25) is 6.41 Å². The van der Waals surface area contributed by atoms with Crippen molar-refractivity contribution in [2.24, 2.45) is 0 Å². The third kappa shape index (κ3) is 1.21. The lowest BCUT2D eigenvalue weighted by molar-refractivity contribution is -0.126. The number of nitrogens with zero attached hydrogens (tertiary/aromatic N) is 2. The maximum absolute atomic E-state index is 10.5. The molecule has 1 heterocycles. The van der Waals surface area contributed by atoms with Crippen LogP contribution in [-0.4, -0.2) is 37.1 Å². The fourth-order valence-electron chi connectivity index (χ4n) is 1.32. The lowest BCUT2D eigenvalue weighted by Crippen LogP contribution is -2.36. The molecule has 1 N–H and O–H groups in total. The summed E-state index contributed by atoms with van der Waals surface area (Å²) < 4.78 is 0. The molecule has 0 fully saturated rings. The van der Waals surface area contributed by atoms with Crippen molar-refractivity contribution in [1.82, 2.24) is 15.3 Å². The van der Waals surface area contributed by atoms with Gasteiger partial charge in [0.05, 0.1) is 0 Å². The molecule has 0 bridgehead atoms. The summed E-state index contributed by atoms with van der Waals surface area (Å²) in [5.41, 5.74) is 1.18. The van der Waals surface area contributed by atoms with E-state index in [1.165, 1.54) is 5.57 Å². The van der Waals surface area contributed by atoms with Crippen LogP contribution in [0.25, 0.3) is 0 Å². The monoisotopic (exact) mass is 155 g/mol. The first-order chi connectivity index (χ1) is 5.20. The van der Waals surface area contributed by atoms with E-state index < -0.39 is 0 Å². The van der Waals surface area contributed by atoms with Gasteiger partial charge in [0.25, 0.3) is 0 Å². The lowest BCUT2D eigenvalue weighted by atomic mass is 10.3. The van der Waals surface area contributed by atoms with E-state index in [0.717, 1.165) is 18.8 Å². The molecule has 0 atom stereocenters. The molecular weight excluding hydrogens is 142 g/mol. The Labute approximate surface area is 66.4 Å². The molecule has 0 aromatic heterocycles. The molecule has 1 aliphatic rings. The molecule has 1 aliphatic heterocycles. The topological polar surface area (TPSA) is 35.6 Å². The van der Waals surface area contributed by atoms with E-state index >= 15 is 0 Å². The van der Waals surface area contributed by atoms with Gasteiger partial charge in [-0.25, -0.2) is 10.0 Å². The van der Waals surface area contributed by atoms with Gasteiger partial charge in [-0.05, 0) is 12.5 Å². The van der Waals surface area contributed by atoms with Gasteiger partial charge in [-0.15, -0.1) is 0 Å². The van der Waals surface area contributed by atoms with Crippen LogP contribution in [0.2, 0.25) is 0 Å². The third-order valence-electron chi connectivity index (χ3n) is 1.80. The SMILES string of the molecule is CNC1=C(C)CN(C)N1C=O. The summed E-state index contributed by atoms with van der Waals surface area (Å²) in [5, 5.41) is 6.40. The number of hydrazine groups is 1. The molecule has 0 saturated carbocycles. The van der Waals surface area contributed by atoms with E-state index in [2.05, 4.69) is 5.32 Å². The van der Waals surface area contributed by atoms with Gasteiger partial charge in [0.1, 0.15) is 5.82 Å². The highest BCUT2D eigenvalue weighted by Gasteiger charge is 2.22. The molecule has 0 saturated heterocycles. The van der Waals surface area contributed by atoms with Crippen LogP contribution < -0.4 is 5.32 Å². The lowest BCUT2D eigenvalue weighted by Gasteiger charge is -2.21. The molecule has 11 heavy (non-hydrogen) atoms. The Hall–Kier alpha value is -1.03. The molecule has 1 rings (SSSR count). The standard InChI is InChI=1S/C7H13N3O/c1-6-4-9(3)10(5-11)7(6)8-2/h5,8H,4H2,1-3H3. The Morgan fingerprint density at radius 3 is 2.64 bits per heavy atom. The molecule has 4 heteroatoms. The molecule has 62 valence electrons. The highest BCUT2D eigenvalue weighted by molar-refractivity contribution is 5.51. The zero-order valence-electron chi connectivity index (χ0n) is 7.09. The summed E-state index contributed by atoms with van der Waals surface area (Å²) >= 11 is 0. The predicted molar refractivity (Wildman–Crippen MR) is 42.3 cm³/mol. The molecule has 0 aromatic rings. The van der Waals surface area contributed by atoms with Crippen LogP contribution in [0.15, 0.2) is 11.4 Å². The Balaban J connectivity index is 2.84. The number of rotatable bonds is 2. The van der Waals surface area contributed by atoms with E-state index in [1.807, 2.05) is 26.0 Å². The zero-order chi connectivity index (χ0) is 8.43. The van der Waals surface area contributed by atoms with Crippen molar-refractivity contribution in [2.75, 3.05) is 20.6 Å². The van der Waals surface area contributed by atoms with Crippen molar-refractivity contribution in [1.29, 1.82) is 0 Å². The average Bonchev–Trinajstić information content (AvgIpc) is 2.24. The minimum atomic E-state index is 0.808. The molecule has 0 radical (unpaired) electrons. The van der Waals surface area contributed by atoms with Crippen molar-refractivity contribution in [3.63, 3.8) is 0 Å². The highest BCUT2D eigenvalue weighted by Crippen LogP contribution is 2.16.